The van der Waals surface area contributed by atoms with Crippen LogP contribution in [0.4, 0.5) is 11.4 Å². The molecule has 1 aromatic heterocycles. The van der Waals surface area contributed by atoms with Crippen molar-refractivity contribution in [3.63, 3.8) is 0 Å². The minimum atomic E-state index is -0.449. The number of amides is 1. The number of carbonyl (C=O) groups is 1. The van der Waals surface area contributed by atoms with Gasteiger partial charge in [0.1, 0.15) is 5.76 Å². The minimum absolute atomic E-state index is 0.123. The van der Waals surface area contributed by atoms with E-state index in [4.69, 9.17) is 39.8 Å². The molecule has 0 spiro atoms. The maximum atomic E-state index is 12.6. The molecule has 2 aromatic carbocycles. The highest BCUT2D eigenvalue weighted by molar-refractivity contribution is 7.80. The second-order valence-electron chi connectivity index (χ2n) is 6.88. The van der Waals surface area contributed by atoms with E-state index in [-0.39, 0.29) is 10.9 Å². The zero-order chi connectivity index (χ0) is 21.1. The summed E-state index contributed by atoms with van der Waals surface area (Å²) in [5.41, 5.74) is 2.54. The molecule has 0 radical (unpaired) electrons. The first-order valence-corrected chi connectivity index (χ1v) is 10.7. The highest BCUT2D eigenvalue weighted by Crippen LogP contribution is 2.34. The third-order valence-electron chi connectivity index (χ3n) is 4.87. The number of halogens is 2. The van der Waals surface area contributed by atoms with E-state index >= 15 is 0 Å². The first kappa shape index (κ1) is 20.7. The first-order chi connectivity index (χ1) is 14.5. The third kappa shape index (κ3) is 4.46. The molecule has 0 atom stereocenters. The van der Waals surface area contributed by atoms with E-state index in [0.717, 1.165) is 24.5 Å². The summed E-state index contributed by atoms with van der Waals surface area (Å²) in [5, 5.41) is 6.77. The molecule has 1 aliphatic heterocycles. The summed E-state index contributed by atoms with van der Waals surface area (Å²) < 4.78 is 5.67. The van der Waals surface area contributed by atoms with E-state index in [1.165, 1.54) is 12.8 Å². The van der Waals surface area contributed by atoms with Gasteiger partial charge in [-0.15, -0.1) is 0 Å². The summed E-state index contributed by atoms with van der Waals surface area (Å²) in [6, 6.07) is 16.4. The van der Waals surface area contributed by atoms with Crippen LogP contribution in [0.15, 0.2) is 59.0 Å². The predicted octanol–water partition coefficient (Wildman–Crippen LogP) is 5.98. The summed E-state index contributed by atoms with van der Waals surface area (Å²) >= 11 is 17.6. The Morgan fingerprint density at radius 3 is 2.57 bits per heavy atom. The topological polar surface area (TPSA) is 57.5 Å². The van der Waals surface area contributed by atoms with E-state index in [9.17, 15) is 4.79 Å². The van der Waals surface area contributed by atoms with Gasteiger partial charge in [-0.05, 0) is 61.5 Å². The van der Waals surface area contributed by atoms with Gasteiger partial charge in [-0.25, -0.2) is 0 Å². The van der Waals surface area contributed by atoms with Crippen LogP contribution in [-0.4, -0.2) is 24.1 Å². The molecule has 5 nitrogen and oxygen atoms in total. The Morgan fingerprint density at radius 1 is 1.00 bits per heavy atom. The SMILES string of the molecule is O=C(NC(=S)Nc1ccccc1N1CCCC1)c1ccc(-c2cccc(Cl)c2Cl)o1. The van der Waals surface area contributed by atoms with Crippen molar-refractivity contribution >= 4 is 57.8 Å². The predicted molar refractivity (Wildman–Crippen MR) is 126 cm³/mol. The number of anilines is 2. The standard InChI is InChI=1S/C22H19Cl2N3O2S/c23-15-7-5-6-14(20(15)24)18-10-11-19(29-18)21(28)26-22(30)25-16-8-1-2-9-17(16)27-12-3-4-13-27/h1-2,5-11H,3-4,12-13H2,(H2,25,26,28,30). The molecule has 4 rings (SSSR count). The van der Waals surface area contributed by atoms with E-state index < -0.39 is 5.91 Å². The number of carbonyl (C=O) groups excluding carboxylic acids is 1. The lowest BCUT2D eigenvalue weighted by Crippen LogP contribution is -2.34. The van der Waals surface area contributed by atoms with E-state index in [2.05, 4.69) is 15.5 Å². The van der Waals surface area contributed by atoms with Crippen molar-refractivity contribution in [3.8, 4) is 11.3 Å². The Labute approximate surface area is 190 Å². The minimum Gasteiger partial charge on any atom is -0.451 e. The Hall–Kier alpha value is -2.54. The Bertz CT molecular complexity index is 1090. The zero-order valence-electron chi connectivity index (χ0n) is 16.0. The molecule has 3 aromatic rings. The third-order valence-corrected chi connectivity index (χ3v) is 5.90. The Morgan fingerprint density at radius 2 is 1.77 bits per heavy atom. The van der Waals surface area contributed by atoms with Gasteiger partial charge in [0, 0.05) is 18.7 Å². The van der Waals surface area contributed by atoms with Crippen molar-refractivity contribution in [1.82, 2.24) is 5.32 Å². The molecule has 30 heavy (non-hydrogen) atoms. The van der Waals surface area contributed by atoms with Crippen LogP contribution < -0.4 is 15.5 Å². The molecule has 2 heterocycles. The van der Waals surface area contributed by atoms with Gasteiger partial charge in [0.05, 0.1) is 21.4 Å². The summed E-state index contributed by atoms with van der Waals surface area (Å²) in [5.74, 6) is 0.125. The highest BCUT2D eigenvalue weighted by atomic mass is 35.5. The van der Waals surface area contributed by atoms with Crippen LogP contribution in [0.25, 0.3) is 11.3 Å². The van der Waals surface area contributed by atoms with Gasteiger partial charge in [0.2, 0.25) is 0 Å². The van der Waals surface area contributed by atoms with E-state index in [1.54, 1.807) is 30.3 Å². The number of thiocarbonyl (C=S) groups is 1. The van der Waals surface area contributed by atoms with Gasteiger partial charge in [-0.2, -0.15) is 0 Å². The molecular formula is C22H19Cl2N3O2S. The van der Waals surface area contributed by atoms with Crippen LogP contribution >= 0.6 is 35.4 Å². The summed E-state index contributed by atoms with van der Waals surface area (Å²) in [6.07, 6.45) is 2.35. The fraction of sp³-hybridized carbons (Fsp3) is 0.182. The normalized spacial score (nSPS) is 13.3. The highest BCUT2D eigenvalue weighted by Gasteiger charge is 2.18. The van der Waals surface area contributed by atoms with Crippen molar-refractivity contribution in [2.45, 2.75) is 12.8 Å². The maximum Gasteiger partial charge on any atom is 0.293 e. The van der Waals surface area contributed by atoms with Gasteiger partial charge in [0.15, 0.2) is 10.9 Å². The Kier molecular flexibility index (Phi) is 6.27. The van der Waals surface area contributed by atoms with Crippen LogP contribution in [0.1, 0.15) is 23.4 Å². The lowest BCUT2D eigenvalue weighted by Gasteiger charge is -2.22. The van der Waals surface area contributed by atoms with Gasteiger partial charge in [-0.1, -0.05) is 41.4 Å². The maximum absolute atomic E-state index is 12.6. The second kappa shape index (κ2) is 9.08. The molecule has 1 amide bonds. The van der Waals surface area contributed by atoms with Crippen molar-refractivity contribution < 1.29 is 9.21 Å². The summed E-state index contributed by atoms with van der Waals surface area (Å²) in [4.78, 5) is 14.9. The van der Waals surface area contributed by atoms with Gasteiger partial charge in [-0.3, -0.25) is 10.1 Å². The number of benzene rings is 2. The van der Waals surface area contributed by atoms with E-state index in [0.29, 0.717) is 21.4 Å². The molecule has 8 heteroatoms. The van der Waals surface area contributed by atoms with Crippen LogP contribution in [0.2, 0.25) is 10.0 Å². The molecule has 1 aliphatic rings. The zero-order valence-corrected chi connectivity index (χ0v) is 18.3. The summed E-state index contributed by atoms with van der Waals surface area (Å²) in [6.45, 7) is 2.03. The van der Waals surface area contributed by atoms with Crippen molar-refractivity contribution in [2.75, 3.05) is 23.3 Å². The van der Waals surface area contributed by atoms with Crippen molar-refractivity contribution in [2.24, 2.45) is 0 Å². The quantitative estimate of drug-likeness (QED) is 0.469. The van der Waals surface area contributed by atoms with E-state index in [1.807, 2.05) is 24.3 Å². The molecule has 0 bridgehead atoms. The number of nitrogens with one attached hydrogen (secondary N) is 2. The largest absolute Gasteiger partial charge is 0.451 e. The lowest BCUT2D eigenvalue weighted by molar-refractivity contribution is 0.0951. The average Bonchev–Trinajstić information content (AvgIpc) is 3.42. The van der Waals surface area contributed by atoms with Gasteiger partial charge < -0.3 is 14.6 Å². The molecule has 1 fully saturated rings. The van der Waals surface area contributed by atoms with Gasteiger partial charge >= 0.3 is 0 Å². The van der Waals surface area contributed by atoms with Crippen LogP contribution in [0.5, 0.6) is 0 Å². The van der Waals surface area contributed by atoms with Crippen molar-refractivity contribution in [3.05, 3.63) is 70.4 Å². The molecule has 2 N–H and O–H groups in total. The molecular weight excluding hydrogens is 441 g/mol. The second-order valence-corrected chi connectivity index (χ2v) is 8.08. The lowest BCUT2D eigenvalue weighted by atomic mass is 10.2. The first-order valence-electron chi connectivity index (χ1n) is 9.53. The van der Waals surface area contributed by atoms with Crippen LogP contribution in [0.3, 0.4) is 0 Å². The fourth-order valence-electron chi connectivity index (χ4n) is 3.43. The molecule has 1 saturated heterocycles. The number of nitrogens with zero attached hydrogens (tertiary/aromatic N) is 1. The molecule has 0 unspecified atom stereocenters. The van der Waals surface area contributed by atoms with Gasteiger partial charge in [0.25, 0.3) is 5.91 Å². The number of hydrogen-bond donors (Lipinski definition) is 2. The fourth-order valence-corrected chi connectivity index (χ4v) is 4.03. The monoisotopic (exact) mass is 459 g/mol. The molecule has 0 aliphatic carbocycles. The van der Waals surface area contributed by atoms with Crippen LogP contribution in [-0.2, 0) is 0 Å². The van der Waals surface area contributed by atoms with Crippen molar-refractivity contribution in [1.29, 1.82) is 0 Å². The van der Waals surface area contributed by atoms with Crippen LogP contribution in [0, 0.1) is 0 Å². The number of rotatable bonds is 4. The number of hydrogen-bond acceptors (Lipinski definition) is 4. The number of para-hydroxylation sites is 2. The molecule has 0 saturated carbocycles. The smallest absolute Gasteiger partial charge is 0.293 e. The summed E-state index contributed by atoms with van der Waals surface area (Å²) in [7, 11) is 0. The Balaban J connectivity index is 1.44. The number of furan rings is 1. The average molecular weight is 460 g/mol. The molecule has 154 valence electrons.